The molecule has 7 amide bonds. The zero-order chi connectivity index (χ0) is 40.7. The van der Waals surface area contributed by atoms with Gasteiger partial charge in [-0.05, 0) is 87.4 Å². The first-order valence-corrected chi connectivity index (χ1v) is 20.3. The number of primary amides is 1. The maximum absolute atomic E-state index is 14.5. The van der Waals surface area contributed by atoms with E-state index in [4.69, 9.17) is 5.73 Å². The van der Waals surface area contributed by atoms with Gasteiger partial charge in [0.25, 0.3) is 0 Å². The van der Waals surface area contributed by atoms with Crippen LogP contribution in [0.4, 0.5) is 0 Å². The summed E-state index contributed by atoms with van der Waals surface area (Å²) in [5.41, 5.74) is 6.23. The van der Waals surface area contributed by atoms with Crippen molar-refractivity contribution < 1.29 is 38.7 Å². The van der Waals surface area contributed by atoms with Crippen LogP contribution in [0.25, 0.3) is 0 Å². The van der Waals surface area contributed by atoms with Crippen molar-refractivity contribution >= 4 is 41.4 Å². The highest BCUT2D eigenvalue weighted by Crippen LogP contribution is 2.29. The number of aromatic hydroxyl groups is 1. The molecule has 0 radical (unpaired) electrons. The monoisotopic (exact) mass is 780 g/mol. The first kappa shape index (κ1) is 42.4. The van der Waals surface area contributed by atoms with Crippen molar-refractivity contribution in [3.63, 3.8) is 0 Å². The van der Waals surface area contributed by atoms with E-state index in [2.05, 4.69) is 21.3 Å². The van der Waals surface area contributed by atoms with Gasteiger partial charge < -0.3 is 46.8 Å². The van der Waals surface area contributed by atoms with Crippen LogP contribution in [0.5, 0.6) is 5.75 Å². The molecule has 4 aliphatic heterocycles. The molecule has 16 heteroatoms. The number of rotatable bonds is 15. The average Bonchev–Trinajstić information content (AvgIpc) is 4.02. The van der Waals surface area contributed by atoms with E-state index in [0.717, 1.165) is 6.42 Å². The molecule has 7 N–H and O–H groups in total. The summed E-state index contributed by atoms with van der Waals surface area (Å²) in [4.78, 5) is 100. The van der Waals surface area contributed by atoms with Crippen LogP contribution in [0, 0.1) is 11.8 Å². The number of carbonyl (C=O) groups excluding carboxylic acids is 7. The van der Waals surface area contributed by atoms with Gasteiger partial charge >= 0.3 is 0 Å². The molecular weight excluding hydrogens is 720 g/mol. The predicted octanol–water partition coefficient (Wildman–Crippen LogP) is 0.302. The number of phenols is 1. The first-order valence-electron chi connectivity index (χ1n) is 20.3. The number of nitrogens with two attached hydrogens (primary N) is 1. The second-order valence-corrected chi connectivity index (χ2v) is 16.2. The molecule has 0 spiro atoms. The van der Waals surface area contributed by atoms with Crippen molar-refractivity contribution in [1.29, 1.82) is 0 Å². The summed E-state index contributed by atoms with van der Waals surface area (Å²) < 4.78 is 0. The molecule has 4 aliphatic rings. The summed E-state index contributed by atoms with van der Waals surface area (Å²) in [5.74, 6) is -3.68. The molecule has 8 atom stereocenters. The topological polar surface area (TPSA) is 224 Å². The molecule has 16 nitrogen and oxygen atoms in total. The van der Waals surface area contributed by atoms with Gasteiger partial charge in [0.2, 0.25) is 41.4 Å². The third-order valence-electron chi connectivity index (χ3n) is 11.9. The standard InChI is InChI=1S/C40H60N8O8/c1-5-24(4)33(40(56)48-21-9-13-31(48)39(55)47-20-8-12-30(47)38(54)46-19-7-11-29(46)34(41)50)45-36(52)28(22-25-14-16-26(49)17-15-25)43-37(53)32(23(2)3)44-35(51)27-10-6-18-42-27/h14-17,23-24,27-33,42,49H,5-13,18-22H2,1-4H3,(H2,41,50)(H,43,53)(H,44,51)(H,45,52)/t24-,27-,28-,29-,30-,31-,32-,33-/m0/s1. The number of hydrogen-bond acceptors (Lipinski definition) is 9. The van der Waals surface area contributed by atoms with Crippen molar-refractivity contribution in [2.75, 3.05) is 26.2 Å². The summed E-state index contributed by atoms with van der Waals surface area (Å²) in [7, 11) is 0. The molecule has 0 aliphatic carbocycles. The van der Waals surface area contributed by atoms with Crippen LogP contribution in [0.2, 0.25) is 0 Å². The number of amides is 7. The van der Waals surface area contributed by atoms with Gasteiger partial charge in [-0.1, -0.05) is 46.2 Å². The Morgan fingerprint density at radius 1 is 0.750 bits per heavy atom. The maximum Gasteiger partial charge on any atom is 0.246 e. The minimum Gasteiger partial charge on any atom is -0.508 e. The number of nitrogens with one attached hydrogen (secondary N) is 4. The minimum atomic E-state index is -1.16. The molecule has 308 valence electrons. The quantitative estimate of drug-likeness (QED) is 0.144. The zero-order valence-corrected chi connectivity index (χ0v) is 33.1. The largest absolute Gasteiger partial charge is 0.508 e. The van der Waals surface area contributed by atoms with E-state index in [1.165, 1.54) is 21.9 Å². The number of nitrogens with zero attached hydrogens (tertiary/aromatic N) is 3. The van der Waals surface area contributed by atoms with Crippen LogP contribution in [0.3, 0.4) is 0 Å². The molecule has 4 saturated heterocycles. The van der Waals surface area contributed by atoms with E-state index >= 15 is 0 Å². The minimum absolute atomic E-state index is 0.0328. The van der Waals surface area contributed by atoms with Gasteiger partial charge in [-0.25, -0.2) is 0 Å². The maximum atomic E-state index is 14.5. The van der Waals surface area contributed by atoms with Crippen LogP contribution in [0.15, 0.2) is 24.3 Å². The predicted molar refractivity (Wildman–Crippen MR) is 206 cm³/mol. The molecule has 1 aromatic carbocycles. The van der Waals surface area contributed by atoms with E-state index in [-0.39, 0.29) is 41.7 Å². The van der Waals surface area contributed by atoms with Crippen molar-refractivity contribution in [2.24, 2.45) is 17.6 Å². The summed E-state index contributed by atoms with van der Waals surface area (Å²) in [6.45, 7) is 9.09. The Morgan fingerprint density at radius 3 is 1.88 bits per heavy atom. The Morgan fingerprint density at radius 2 is 1.32 bits per heavy atom. The Labute approximate surface area is 329 Å². The fourth-order valence-corrected chi connectivity index (χ4v) is 8.43. The molecule has 56 heavy (non-hydrogen) atoms. The Bertz CT molecular complexity index is 1620. The zero-order valence-electron chi connectivity index (χ0n) is 33.1. The first-order chi connectivity index (χ1) is 26.7. The van der Waals surface area contributed by atoms with Crippen molar-refractivity contribution in [2.45, 2.75) is 134 Å². The Kier molecular flexibility index (Phi) is 14.3. The normalized spacial score (nSPS) is 24.4. The van der Waals surface area contributed by atoms with E-state index in [1.807, 2.05) is 13.8 Å². The van der Waals surface area contributed by atoms with Crippen molar-refractivity contribution in [3.8, 4) is 5.75 Å². The molecule has 4 fully saturated rings. The van der Waals surface area contributed by atoms with Gasteiger partial charge in [-0.2, -0.15) is 0 Å². The van der Waals surface area contributed by atoms with Crippen LogP contribution in [0.1, 0.15) is 91.0 Å². The van der Waals surface area contributed by atoms with E-state index < -0.39 is 65.9 Å². The number of benzene rings is 1. The Balaban J connectivity index is 1.33. The second kappa shape index (κ2) is 18.9. The average molecular weight is 781 g/mol. The van der Waals surface area contributed by atoms with Gasteiger partial charge in [0, 0.05) is 26.1 Å². The molecule has 5 rings (SSSR count). The molecule has 0 saturated carbocycles. The number of phenolic OH excluding ortho intramolecular Hbond substituents is 1. The van der Waals surface area contributed by atoms with Crippen molar-refractivity contribution in [3.05, 3.63) is 29.8 Å². The Hall–Kier alpha value is -4.73. The van der Waals surface area contributed by atoms with Crippen LogP contribution >= 0.6 is 0 Å². The van der Waals surface area contributed by atoms with Gasteiger partial charge in [0.1, 0.15) is 42.0 Å². The number of likely N-dealkylation sites (tertiary alicyclic amines) is 3. The molecule has 1 aromatic rings. The second-order valence-electron chi connectivity index (χ2n) is 16.2. The lowest BCUT2D eigenvalue weighted by Gasteiger charge is -2.36. The van der Waals surface area contributed by atoms with Gasteiger partial charge in [0.05, 0.1) is 6.04 Å². The van der Waals surface area contributed by atoms with Gasteiger partial charge in [-0.15, -0.1) is 0 Å². The van der Waals surface area contributed by atoms with E-state index in [1.54, 1.807) is 30.9 Å². The third kappa shape index (κ3) is 9.79. The third-order valence-corrected chi connectivity index (χ3v) is 11.9. The highest BCUT2D eigenvalue weighted by atomic mass is 16.3. The molecule has 0 unspecified atom stereocenters. The highest BCUT2D eigenvalue weighted by Gasteiger charge is 2.47. The molecule has 0 aromatic heterocycles. The molecule has 4 heterocycles. The van der Waals surface area contributed by atoms with E-state index in [0.29, 0.717) is 83.1 Å². The summed E-state index contributed by atoms with van der Waals surface area (Å²) >= 11 is 0. The smallest absolute Gasteiger partial charge is 0.246 e. The van der Waals surface area contributed by atoms with Crippen LogP contribution < -0.4 is 27.0 Å². The number of hydrogen-bond donors (Lipinski definition) is 6. The van der Waals surface area contributed by atoms with Gasteiger partial charge in [-0.3, -0.25) is 33.6 Å². The lowest BCUT2D eigenvalue weighted by molar-refractivity contribution is -0.151. The summed E-state index contributed by atoms with van der Waals surface area (Å²) in [6.07, 6.45) is 5.22. The molecule has 0 bridgehead atoms. The van der Waals surface area contributed by atoms with E-state index in [9.17, 15) is 38.7 Å². The van der Waals surface area contributed by atoms with Crippen molar-refractivity contribution in [1.82, 2.24) is 36.0 Å². The SMILES string of the molecule is CC[C@H](C)[C@H](NC(=O)[C@H](Cc1ccc(O)cc1)NC(=O)[C@@H](NC(=O)[C@@H]1CCCN1)C(C)C)C(=O)N1CCC[C@H]1C(=O)N1CCC[C@H]1C(=O)N1CCC[C@H]1C(N)=O. The fourth-order valence-electron chi connectivity index (χ4n) is 8.43. The fraction of sp³-hybridized carbons (Fsp3) is 0.675. The lowest BCUT2D eigenvalue weighted by atomic mass is 9.96. The number of carbonyl (C=O) groups is 7. The van der Waals surface area contributed by atoms with Crippen LogP contribution in [-0.2, 0) is 40.0 Å². The lowest BCUT2D eigenvalue weighted by Crippen LogP contribution is -2.61. The summed E-state index contributed by atoms with van der Waals surface area (Å²) in [5, 5.41) is 21.6. The van der Waals surface area contributed by atoms with Gasteiger partial charge in [0.15, 0.2) is 0 Å². The van der Waals surface area contributed by atoms with Crippen LogP contribution in [-0.4, -0.2) is 130 Å². The molecular formula is C40H60N8O8. The summed E-state index contributed by atoms with van der Waals surface area (Å²) in [6, 6.07) is 0.435. The highest BCUT2D eigenvalue weighted by molar-refractivity contribution is 5.98.